The highest BCUT2D eigenvalue weighted by Gasteiger charge is 2.17. The number of phenols is 1. The van der Waals surface area contributed by atoms with E-state index in [4.69, 9.17) is 16.3 Å². The van der Waals surface area contributed by atoms with Crippen LogP contribution in [0.15, 0.2) is 59.0 Å². The van der Waals surface area contributed by atoms with E-state index < -0.39 is 0 Å². The van der Waals surface area contributed by atoms with Gasteiger partial charge in [-0.3, -0.25) is 4.57 Å². The molecule has 0 aliphatic carbocycles. The Kier molecular flexibility index (Phi) is 5.37. The summed E-state index contributed by atoms with van der Waals surface area (Å²) in [6, 6.07) is 12.7. The number of phenolic OH excluding ortho intramolecular Hbond substituents is 1. The minimum atomic E-state index is 0.0872. The van der Waals surface area contributed by atoms with E-state index in [1.165, 1.54) is 13.4 Å². The molecule has 0 saturated heterocycles. The number of aromatic nitrogens is 3. The molecule has 7 nitrogen and oxygen atoms in total. The van der Waals surface area contributed by atoms with Crippen LogP contribution in [0.4, 0.5) is 5.82 Å². The molecule has 0 aliphatic heterocycles. The molecule has 0 spiro atoms. The first kappa shape index (κ1) is 19.8. The van der Waals surface area contributed by atoms with Crippen molar-refractivity contribution >= 4 is 28.5 Å². The second-order valence-electron chi connectivity index (χ2n) is 6.83. The maximum absolute atomic E-state index is 9.72. The molecule has 2 aromatic heterocycles. The summed E-state index contributed by atoms with van der Waals surface area (Å²) in [5, 5.41) is 19.9. The Labute approximate surface area is 178 Å². The number of methoxy groups -OCH3 is 1. The number of aryl methyl sites for hydroxylation is 1. The number of rotatable bonds is 5. The summed E-state index contributed by atoms with van der Waals surface area (Å²) in [7, 11) is 1.51. The van der Waals surface area contributed by atoms with Crippen LogP contribution in [-0.4, -0.2) is 26.8 Å². The fourth-order valence-electron chi connectivity index (χ4n) is 3.39. The Hall–Kier alpha value is -3.45. The standard InChI is InChI=1S/C22H20ClN5O2/c1-13-14(2)28(17-6-4-5-16(23)10-17)22-20(13)21(24-12-25-22)27-26-11-15-7-8-18(29)19(9-15)30-3/h4-10,12,29H,11H2,1-3H3. The predicted molar refractivity (Wildman–Crippen MR) is 116 cm³/mol. The third-order valence-corrected chi connectivity index (χ3v) is 5.24. The molecule has 0 saturated carbocycles. The summed E-state index contributed by atoms with van der Waals surface area (Å²) in [6.45, 7) is 4.38. The number of ether oxygens (including phenoxy) is 1. The van der Waals surface area contributed by atoms with E-state index in [-0.39, 0.29) is 5.75 Å². The van der Waals surface area contributed by atoms with Crippen LogP contribution in [0.25, 0.3) is 16.7 Å². The number of azo groups is 1. The van der Waals surface area contributed by atoms with Gasteiger partial charge in [-0.15, -0.1) is 5.11 Å². The van der Waals surface area contributed by atoms with Gasteiger partial charge in [0, 0.05) is 16.4 Å². The molecular formula is C22H20ClN5O2. The molecule has 0 fully saturated rings. The predicted octanol–water partition coefficient (Wildman–Crippen LogP) is 5.69. The molecule has 1 N–H and O–H groups in total. The van der Waals surface area contributed by atoms with E-state index in [1.807, 2.05) is 42.7 Å². The topological polar surface area (TPSA) is 84.9 Å². The smallest absolute Gasteiger partial charge is 0.186 e. The Bertz CT molecular complexity index is 1270. The van der Waals surface area contributed by atoms with Gasteiger partial charge in [0.15, 0.2) is 23.0 Å². The number of halogens is 1. The number of fused-ring (bicyclic) bond motifs is 1. The summed E-state index contributed by atoms with van der Waals surface area (Å²) >= 11 is 6.19. The number of hydrogen-bond acceptors (Lipinski definition) is 6. The average Bonchev–Trinajstić information content (AvgIpc) is 3.00. The SMILES string of the molecule is COc1cc(CN=Nc2ncnc3c2c(C)c(C)n3-c2cccc(Cl)c2)ccc1O. The second kappa shape index (κ2) is 8.12. The summed E-state index contributed by atoms with van der Waals surface area (Å²) < 4.78 is 7.18. The van der Waals surface area contributed by atoms with Gasteiger partial charge in [-0.25, -0.2) is 9.97 Å². The fourth-order valence-corrected chi connectivity index (χ4v) is 3.58. The van der Waals surface area contributed by atoms with Crippen LogP contribution in [0.5, 0.6) is 11.5 Å². The first-order chi connectivity index (χ1) is 14.5. The van der Waals surface area contributed by atoms with Crippen LogP contribution < -0.4 is 4.74 Å². The lowest BCUT2D eigenvalue weighted by Gasteiger charge is -2.08. The van der Waals surface area contributed by atoms with E-state index in [1.54, 1.807) is 18.2 Å². The van der Waals surface area contributed by atoms with Gasteiger partial charge in [0.25, 0.3) is 0 Å². The van der Waals surface area contributed by atoms with Crippen molar-refractivity contribution in [2.24, 2.45) is 10.2 Å². The molecule has 30 heavy (non-hydrogen) atoms. The fraction of sp³-hybridized carbons (Fsp3) is 0.182. The van der Waals surface area contributed by atoms with Crippen molar-refractivity contribution in [2.75, 3.05) is 7.11 Å². The Morgan fingerprint density at radius 2 is 1.97 bits per heavy atom. The van der Waals surface area contributed by atoms with Crippen LogP contribution in [0.3, 0.4) is 0 Å². The molecule has 2 heterocycles. The minimum absolute atomic E-state index is 0.0872. The summed E-state index contributed by atoms with van der Waals surface area (Å²) in [4.78, 5) is 8.83. The van der Waals surface area contributed by atoms with Crippen LogP contribution in [-0.2, 0) is 6.54 Å². The van der Waals surface area contributed by atoms with Gasteiger partial charge in [-0.1, -0.05) is 23.7 Å². The molecule has 4 rings (SSSR count). The van der Waals surface area contributed by atoms with Crippen molar-refractivity contribution in [3.8, 4) is 17.2 Å². The summed E-state index contributed by atoms with van der Waals surface area (Å²) in [5.41, 5.74) is 4.61. The lowest BCUT2D eigenvalue weighted by Crippen LogP contribution is -1.98. The van der Waals surface area contributed by atoms with E-state index in [0.717, 1.165) is 33.5 Å². The normalized spacial score (nSPS) is 11.5. The van der Waals surface area contributed by atoms with Crippen LogP contribution in [0.1, 0.15) is 16.8 Å². The number of nitrogens with zero attached hydrogens (tertiary/aromatic N) is 5. The first-order valence-electron chi connectivity index (χ1n) is 9.31. The molecule has 4 aromatic rings. The third kappa shape index (κ3) is 3.59. The summed E-state index contributed by atoms with van der Waals surface area (Å²) in [6.07, 6.45) is 1.49. The van der Waals surface area contributed by atoms with Gasteiger partial charge in [0.05, 0.1) is 19.0 Å². The average molecular weight is 422 g/mol. The van der Waals surface area contributed by atoms with E-state index >= 15 is 0 Å². The van der Waals surface area contributed by atoms with Gasteiger partial charge in [-0.05, 0) is 55.3 Å². The van der Waals surface area contributed by atoms with Crippen molar-refractivity contribution in [2.45, 2.75) is 20.4 Å². The Morgan fingerprint density at radius 1 is 1.13 bits per heavy atom. The molecular weight excluding hydrogens is 402 g/mol. The van der Waals surface area contributed by atoms with Crippen LogP contribution in [0.2, 0.25) is 5.02 Å². The molecule has 0 unspecified atom stereocenters. The summed E-state index contributed by atoms with van der Waals surface area (Å²) in [5.74, 6) is 0.994. The van der Waals surface area contributed by atoms with Gasteiger partial charge >= 0.3 is 0 Å². The first-order valence-corrected chi connectivity index (χ1v) is 9.69. The molecule has 2 aromatic carbocycles. The quantitative estimate of drug-likeness (QED) is 0.419. The zero-order chi connectivity index (χ0) is 21.3. The molecule has 0 bridgehead atoms. The van der Waals surface area contributed by atoms with Gasteiger partial charge in [0.1, 0.15) is 6.33 Å². The number of benzene rings is 2. The van der Waals surface area contributed by atoms with Crippen molar-refractivity contribution in [3.05, 3.63) is 70.6 Å². The zero-order valence-corrected chi connectivity index (χ0v) is 17.6. The zero-order valence-electron chi connectivity index (χ0n) is 16.8. The van der Waals surface area contributed by atoms with Crippen molar-refractivity contribution < 1.29 is 9.84 Å². The molecule has 0 atom stereocenters. The third-order valence-electron chi connectivity index (χ3n) is 5.00. The van der Waals surface area contributed by atoms with Crippen molar-refractivity contribution in [1.82, 2.24) is 14.5 Å². The van der Waals surface area contributed by atoms with E-state index in [9.17, 15) is 5.11 Å². The van der Waals surface area contributed by atoms with Gasteiger partial charge < -0.3 is 9.84 Å². The highest BCUT2D eigenvalue weighted by atomic mass is 35.5. The van der Waals surface area contributed by atoms with E-state index in [2.05, 4.69) is 20.2 Å². The van der Waals surface area contributed by atoms with E-state index in [0.29, 0.717) is 23.1 Å². The maximum Gasteiger partial charge on any atom is 0.186 e. The minimum Gasteiger partial charge on any atom is -0.504 e. The van der Waals surface area contributed by atoms with Gasteiger partial charge in [0.2, 0.25) is 0 Å². The monoisotopic (exact) mass is 421 g/mol. The molecule has 0 radical (unpaired) electrons. The number of hydrogen-bond donors (Lipinski definition) is 1. The molecule has 8 heteroatoms. The Balaban J connectivity index is 1.72. The number of aromatic hydroxyl groups is 1. The molecule has 152 valence electrons. The molecule has 0 amide bonds. The highest BCUT2D eigenvalue weighted by Crippen LogP contribution is 2.33. The Morgan fingerprint density at radius 3 is 2.73 bits per heavy atom. The van der Waals surface area contributed by atoms with Crippen molar-refractivity contribution in [1.29, 1.82) is 0 Å². The van der Waals surface area contributed by atoms with Gasteiger partial charge in [-0.2, -0.15) is 5.11 Å². The lowest BCUT2D eigenvalue weighted by atomic mass is 10.2. The lowest BCUT2D eigenvalue weighted by molar-refractivity contribution is 0.373. The van der Waals surface area contributed by atoms with Crippen molar-refractivity contribution in [3.63, 3.8) is 0 Å². The largest absolute Gasteiger partial charge is 0.504 e. The second-order valence-corrected chi connectivity index (χ2v) is 7.26. The highest BCUT2D eigenvalue weighted by molar-refractivity contribution is 6.30. The molecule has 0 aliphatic rings. The van der Waals surface area contributed by atoms with Crippen LogP contribution in [0, 0.1) is 13.8 Å². The maximum atomic E-state index is 9.72. The van der Waals surface area contributed by atoms with Crippen LogP contribution >= 0.6 is 11.6 Å².